The Labute approximate surface area is 469 Å². The fraction of sp³-hybridized carbons (Fsp3) is 0.459. The second-order valence-electron chi connectivity index (χ2n) is 23.9. The number of amides is 1. The number of benzene rings is 2. The first-order chi connectivity index (χ1) is 38.7. The molecular formula is C61H70F4N14O2. The molecule has 0 radical (unpaired) electrons. The van der Waals surface area contributed by atoms with Crippen LogP contribution in [-0.4, -0.2) is 127 Å². The van der Waals surface area contributed by atoms with E-state index in [9.17, 15) is 18.0 Å². The Kier molecular flexibility index (Phi) is 15.5. The van der Waals surface area contributed by atoms with E-state index in [1.807, 2.05) is 101 Å². The molecule has 2 aromatic carbocycles. The van der Waals surface area contributed by atoms with Crippen LogP contribution in [0.2, 0.25) is 0 Å². The molecule has 20 heteroatoms. The summed E-state index contributed by atoms with van der Waals surface area (Å²) in [6.07, 6.45) is 12.4. The van der Waals surface area contributed by atoms with Gasteiger partial charge >= 0.3 is 6.09 Å². The second-order valence-corrected chi connectivity index (χ2v) is 23.9. The minimum atomic E-state index is -0.531. The monoisotopic (exact) mass is 1110 g/mol. The highest BCUT2D eigenvalue weighted by Gasteiger charge is 2.44. The number of aromatic nitrogens is 10. The molecule has 0 spiro atoms. The third kappa shape index (κ3) is 11.9. The number of hydrogen-bond acceptors (Lipinski definition) is 13. The summed E-state index contributed by atoms with van der Waals surface area (Å²) in [5.74, 6) is 1.80. The summed E-state index contributed by atoms with van der Waals surface area (Å²) in [4.78, 5) is 54.8. The van der Waals surface area contributed by atoms with Crippen molar-refractivity contribution < 1.29 is 27.1 Å². The number of ether oxygens (including phenoxy) is 1. The number of imidazole rings is 2. The molecule has 424 valence electrons. The van der Waals surface area contributed by atoms with E-state index in [0.29, 0.717) is 93.4 Å². The summed E-state index contributed by atoms with van der Waals surface area (Å²) in [6.45, 7) is 24.7. The molecule has 0 aliphatic carbocycles. The Morgan fingerprint density at radius 1 is 0.617 bits per heavy atom. The molecule has 4 fully saturated rings. The maximum Gasteiger partial charge on any atom is 0.410 e. The van der Waals surface area contributed by atoms with E-state index < -0.39 is 28.9 Å². The topological polar surface area (TPSA) is 161 Å². The number of nitrogens with one attached hydrogen (secondary N) is 1. The van der Waals surface area contributed by atoms with Crippen LogP contribution in [0.4, 0.5) is 22.4 Å². The van der Waals surface area contributed by atoms with E-state index in [0.717, 1.165) is 81.3 Å². The predicted molar refractivity (Wildman–Crippen MR) is 301 cm³/mol. The van der Waals surface area contributed by atoms with Crippen molar-refractivity contribution in [3.63, 3.8) is 0 Å². The largest absolute Gasteiger partial charge is 0.444 e. The molecule has 0 bridgehead atoms. The van der Waals surface area contributed by atoms with Crippen LogP contribution >= 0.6 is 0 Å². The van der Waals surface area contributed by atoms with Gasteiger partial charge in [-0.1, -0.05) is 0 Å². The van der Waals surface area contributed by atoms with E-state index in [1.165, 1.54) is 24.8 Å². The standard InChI is InChI=1S/C33H39F2N7O2.C28H31F2N7/c1-19(2)42-20(3)39-31-26(34)9-23(10-28(31)42)25-11-24(36-15-27(25)35)12-30-37-13-21(14-38-30)16-40-17-22-7-8-41(29(22)18-40)32(43)44-33(4,5)6;1-16(2)37-17(3)35-28-23(29)6-20(7-26(28)37)22-8-21(32-12-24(22)30)9-27-33-10-18(11-34-27)13-36-14-19-4-5-31-25(19)15-36/h9-11,13-15,19,22,29H,7-8,12,16-18H2,1-6H3;6-8,10-12,16,19,25,31H,4-5,9,13-15H2,1-3H3/t22-,29+;19-,25+/m00/s1. The summed E-state index contributed by atoms with van der Waals surface area (Å²) in [6, 6.07) is 10.5. The number of halogens is 4. The number of rotatable bonds is 12. The Morgan fingerprint density at radius 2 is 1.10 bits per heavy atom. The summed E-state index contributed by atoms with van der Waals surface area (Å²) < 4.78 is 69.4. The highest BCUT2D eigenvalue weighted by molar-refractivity contribution is 5.85. The molecule has 0 saturated carbocycles. The van der Waals surface area contributed by atoms with E-state index in [4.69, 9.17) is 4.74 Å². The smallest absolute Gasteiger partial charge is 0.410 e. The molecule has 16 nitrogen and oxygen atoms in total. The van der Waals surface area contributed by atoms with Crippen molar-refractivity contribution in [3.05, 3.63) is 143 Å². The van der Waals surface area contributed by atoms with Crippen LogP contribution in [0, 0.1) is 49.0 Å². The Balaban J connectivity index is 0.000000173. The zero-order valence-corrected chi connectivity index (χ0v) is 47.5. The predicted octanol–water partition coefficient (Wildman–Crippen LogP) is 10.5. The summed E-state index contributed by atoms with van der Waals surface area (Å²) in [5.41, 5.74) is 6.04. The third-order valence-electron chi connectivity index (χ3n) is 16.0. The lowest BCUT2D eigenvalue weighted by Crippen LogP contribution is -2.42. The van der Waals surface area contributed by atoms with Gasteiger partial charge in [-0.3, -0.25) is 19.8 Å². The van der Waals surface area contributed by atoms with Crippen molar-refractivity contribution >= 4 is 28.2 Å². The molecule has 8 aromatic rings. The van der Waals surface area contributed by atoms with Crippen LogP contribution < -0.4 is 5.32 Å². The number of carbonyl (C=O) groups excluding carboxylic acids is 1. The van der Waals surface area contributed by atoms with Crippen LogP contribution in [0.3, 0.4) is 0 Å². The normalized spacial score (nSPS) is 19.3. The van der Waals surface area contributed by atoms with Gasteiger partial charge in [0.15, 0.2) is 11.6 Å². The molecule has 4 aliphatic rings. The SMILES string of the molecule is Cc1nc2c(F)cc(-c3cc(Cc4ncc(CN5C[C@@H]6CCN(C(=O)OC(C)(C)C)[C@@H]6C5)cn4)ncc3F)cc2n1C(C)C.Cc1nc2c(F)cc(-c3cc(Cc4ncc(CN5C[C@@H]6CCN[C@@H]6C5)cn4)ncc3F)cc2n1C(C)C. The van der Waals surface area contributed by atoms with E-state index >= 15 is 4.39 Å². The Morgan fingerprint density at radius 3 is 1.57 bits per heavy atom. The molecule has 10 heterocycles. The molecule has 0 unspecified atom stereocenters. The van der Waals surface area contributed by atoms with Crippen molar-refractivity contribution in [2.75, 3.05) is 39.3 Å². The first-order valence-corrected chi connectivity index (χ1v) is 28.1. The molecule has 1 amide bonds. The van der Waals surface area contributed by atoms with Gasteiger partial charge in [-0.05, 0) is 141 Å². The number of likely N-dealkylation sites (tertiary alicyclic amines) is 3. The maximum atomic E-state index is 15.1. The van der Waals surface area contributed by atoms with Gasteiger partial charge in [-0.25, -0.2) is 52.3 Å². The van der Waals surface area contributed by atoms with Crippen molar-refractivity contribution in [2.24, 2.45) is 11.8 Å². The molecular weight excluding hydrogens is 1040 g/mol. The highest BCUT2D eigenvalue weighted by Crippen LogP contribution is 2.36. The number of fused-ring (bicyclic) bond motifs is 4. The number of aryl methyl sites for hydroxylation is 2. The van der Waals surface area contributed by atoms with Crippen molar-refractivity contribution in [1.82, 2.24) is 69.0 Å². The molecule has 4 aliphatic heterocycles. The van der Waals surface area contributed by atoms with E-state index in [2.05, 4.69) is 55.0 Å². The third-order valence-corrected chi connectivity index (χ3v) is 16.0. The van der Waals surface area contributed by atoms with Gasteiger partial charge in [-0.2, -0.15) is 0 Å². The lowest BCUT2D eigenvalue weighted by atomic mass is 10.0. The van der Waals surface area contributed by atoms with Gasteiger partial charge in [-0.15, -0.1) is 0 Å². The number of pyridine rings is 2. The first kappa shape index (κ1) is 55.6. The number of nitrogens with zero attached hydrogens (tertiary/aromatic N) is 13. The molecule has 12 rings (SSSR count). The number of hydrogen-bond donors (Lipinski definition) is 1. The molecule has 6 aromatic heterocycles. The lowest BCUT2D eigenvalue weighted by Gasteiger charge is -2.28. The van der Waals surface area contributed by atoms with Crippen molar-refractivity contribution in [3.8, 4) is 22.3 Å². The van der Waals surface area contributed by atoms with Crippen LogP contribution in [0.1, 0.15) is 119 Å². The Bertz CT molecular complexity index is 3610. The van der Waals surface area contributed by atoms with Crippen molar-refractivity contribution in [1.29, 1.82) is 0 Å². The van der Waals surface area contributed by atoms with E-state index in [-0.39, 0.29) is 35.3 Å². The van der Waals surface area contributed by atoms with Gasteiger partial charge in [0, 0.05) is 122 Å². The second kappa shape index (κ2) is 22.6. The van der Waals surface area contributed by atoms with Crippen molar-refractivity contribution in [2.45, 2.75) is 131 Å². The Hall–Kier alpha value is -7.29. The fourth-order valence-electron chi connectivity index (χ4n) is 12.5. The zero-order valence-electron chi connectivity index (χ0n) is 47.5. The van der Waals surface area contributed by atoms with Gasteiger partial charge in [0.1, 0.15) is 51.6 Å². The number of carbonyl (C=O) groups is 1. The molecule has 1 N–H and O–H groups in total. The average molecular weight is 1110 g/mol. The van der Waals surface area contributed by atoms with Crippen LogP contribution in [0.5, 0.6) is 0 Å². The average Bonchev–Trinajstić information content (AvgIpc) is 4.39. The molecule has 4 saturated heterocycles. The van der Waals surface area contributed by atoms with Crippen LogP contribution in [0.25, 0.3) is 44.3 Å². The van der Waals surface area contributed by atoms with Gasteiger partial charge in [0.25, 0.3) is 0 Å². The first-order valence-electron chi connectivity index (χ1n) is 28.1. The quantitative estimate of drug-likeness (QED) is 0.115. The van der Waals surface area contributed by atoms with Gasteiger partial charge in [0.05, 0.1) is 42.3 Å². The summed E-state index contributed by atoms with van der Waals surface area (Å²) in [5, 5.41) is 3.58. The van der Waals surface area contributed by atoms with E-state index in [1.54, 1.807) is 24.3 Å². The highest BCUT2D eigenvalue weighted by atomic mass is 19.1. The minimum Gasteiger partial charge on any atom is -0.444 e. The van der Waals surface area contributed by atoms with Crippen LogP contribution in [0.15, 0.2) is 73.6 Å². The minimum absolute atomic E-state index is 0.0738. The lowest BCUT2D eigenvalue weighted by molar-refractivity contribution is 0.0217. The molecule has 81 heavy (non-hydrogen) atoms. The maximum absolute atomic E-state index is 15.1. The zero-order chi connectivity index (χ0) is 57.0. The summed E-state index contributed by atoms with van der Waals surface area (Å²) in [7, 11) is 0. The van der Waals surface area contributed by atoms with Gasteiger partial charge < -0.3 is 24.1 Å². The summed E-state index contributed by atoms with van der Waals surface area (Å²) >= 11 is 0. The van der Waals surface area contributed by atoms with Gasteiger partial charge in [0.2, 0.25) is 0 Å². The molecule has 4 atom stereocenters. The van der Waals surface area contributed by atoms with Crippen LogP contribution in [-0.2, 0) is 30.7 Å². The fourth-order valence-corrected chi connectivity index (χ4v) is 12.5.